The molecule has 34 heavy (non-hydrogen) atoms. The van der Waals surface area contributed by atoms with E-state index >= 15 is 0 Å². The second kappa shape index (κ2) is 9.83. The minimum atomic E-state index is -3.89. The van der Waals surface area contributed by atoms with Crippen molar-refractivity contribution in [3.63, 3.8) is 0 Å². The van der Waals surface area contributed by atoms with Crippen molar-refractivity contribution in [2.24, 2.45) is 0 Å². The Kier molecular flexibility index (Phi) is 7.04. The monoisotopic (exact) mass is 518 g/mol. The molecule has 1 fully saturated rings. The molecule has 178 valence electrons. The Balaban J connectivity index is 1.46. The van der Waals surface area contributed by atoms with Crippen LogP contribution in [0, 0.1) is 0 Å². The fourth-order valence-corrected chi connectivity index (χ4v) is 7.14. The highest BCUT2D eigenvalue weighted by Crippen LogP contribution is 2.37. The zero-order valence-electron chi connectivity index (χ0n) is 18.4. The van der Waals surface area contributed by atoms with E-state index in [1.807, 2.05) is 12.1 Å². The Morgan fingerprint density at radius 3 is 2.68 bits per heavy atom. The summed E-state index contributed by atoms with van der Waals surface area (Å²) in [5, 5.41) is 0.483. The number of nitrogens with zero attached hydrogens (tertiary/aromatic N) is 4. The number of carbonyl (C=O) groups excluding carboxylic acids is 2. The van der Waals surface area contributed by atoms with Gasteiger partial charge in [0.1, 0.15) is 11.8 Å². The second-order valence-electron chi connectivity index (χ2n) is 7.84. The van der Waals surface area contributed by atoms with E-state index in [0.717, 1.165) is 10.1 Å². The molecule has 0 saturated carbocycles. The summed E-state index contributed by atoms with van der Waals surface area (Å²) in [6.45, 7) is 3.50. The number of amides is 2. The number of halogens is 1. The highest BCUT2D eigenvalue weighted by molar-refractivity contribution is 7.89. The van der Waals surface area contributed by atoms with E-state index in [1.54, 1.807) is 43.7 Å². The fourth-order valence-electron chi connectivity index (χ4n) is 3.76. The van der Waals surface area contributed by atoms with E-state index in [9.17, 15) is 18.0 Å². The number of benzene rings is 1. The third kappa shape index (κ3) is 4.85. The first-order valence-corrected chi connectivity index (χ1v) is 13.2. The Morgan fingerprint density at radius 1 is 1.26 bits per heavy atom. The molecule has 0 aliphatic carbocycles. The molecule has 1 atom stereocenters. The summed E-state index contributed by atoms with van der Waals surface area (Å²) in [5.74, 6) is -0.694. The van der Waals surface area contributed by atoms with Gasteiger partial charge in [0.2, 0.25) is 21.8 Å². The van der Waals surface area contributed by atoms with Crippen LogP contribution in [0.25, 0.3) is 10.1 Å². The molecule has 0 bridgehead atoms. The molecular weight excluding hydrogens is 496 g/mol. The van der Waals surface area contributed by atoms with Crippen LogP contribution in [0.2, 0.25) is 5.02 Å². The minimum Gasteiger partial charge on any atom is -0.331 e. The van der Waals surface area contributed by atoms with Crippen molar-refractivity contribution in [2.75, 3.05) is 38.1 Å². The molecule has 1 saturated heterocycles. The van der Waals surface area contributed by atoms with Crippen molar-refractivity contribution in [3.05, 3.63) is 71.3 Å². The van der Waals surface area contributed by atoms with E-state index in [-0.39, 0.29) is 32.1 Å². The largest absolute Gasteiger partial charge is 0.331 e. The Bertz CT molecular complexity index is 1340. The number of piperazine rings is 1. The first kappa shape index (κ1) is 24.3. The van der Waals surface area contributed by atoms with Gasteiger partial charge in [-0.15, -0.1) is 17.9 Å². The quantitative estimate of drug-likeness (QED) is 0.447. The maximum atomic E-state index is 13.4. The Hall–Kier alpha value is -2.79. The summed E-state index contributed by atoms with van der Waals surface area (Å²) < 4.78 is 28.9. The average molecular weight is 519 g/mol. The van der Waals surface area contributed by atoms with Gasteiger partial charge in [0.05, 0.1) is 6.54 Å². The Labute approximate surface area is 207 Å². The molecular formula is C23H23ClN4O4S2. The van der Waals surface area contributed by atoms with Crippen LogP contribution in [-0.2, 0) is 19.6 Å². The van der Waals surface area contributed by atoms with Gasteiger partial charge in [-0.2, -0.15) is 4.31 Å². The Morgan fingerprint density at radius 2 is 2.00 bits per heavy atom. The highest BCUT2D eigenvalue weighted by Gasteiger charge is 2.38. The molecule has 0 spiro atoms. The van der Waals surface area contributed by atoms with E-state index in [2.05, 4.69) is 11.6 Å². The first-order valence-electron chi connectivity index (χ1n) is 10.5. The van der Waals surface area contributed by atoms with Gasteiger partial charge in [0, 0.05) is 52.8 Å². The molecule has 0 radical (unpaired) electrons. The normalized spacial score (nSPS) is 15.9. The molecule has 2 amide bonds. The SMILES string of the molecule is C=CC(c1cc2ccc(Cl)cc2s1)S(=O)(=O)N1CCN(CC(=O)N(C)c2ccncc2)C(=O)C1. The number of hydrogen-bond donors (Lipinski definition) is 0. The minimum absolute atomic E-state index is 0.0986. The molecule has 0 N–H and O–H groups in total. The maximum absolute atomic E-state index is 13.4. The summed E-state index contributed by atoms with van der Waals surface area (Å²) in [5.41, 5.74) is 0.659. The number of anilines is 1. The van der Waals surface area contributed by atoms with Crippen LogP contribution >= 0.6 is 22.9 Å². The lowest BCUT2D eigenvalue weighted by Gasteiger charge is -2.35. The molecule has 11 heteroatoms. The van der Waals surface area contributed by atoms with E-state index in [1.165, 1.54) is 31.5 Å². The predicted octanol–water partition coefficient (Wildman–Crippen LogP) is 3.31. The van der Waals surface area contributed by atoms with Gasteiger partial charge in [-0.1, -0.05) is 23.7 Å². The van der Waals surface area contributed by atoms with Crippen LogP contribution in [0.1, 0.15) is 10.1 Å². The van der Waals surface area contributed by atoms with E-state index in [4.69, 9.17) is 11.6 Å². The van der Waals surface area contributed by atoms with Gasteiger partial charge < -0.3 is 9.80 Å². The summed E-state index contributed by atoms with van der Waals surface area (Å²) >= 11 is 7.40. The lowest BCUT2D eigenvalue weighted by molar-refractivity contribution is -0.137. The topological polar surface area (TPSA) is 90.9 Å². The second-order valence-corrected chi connectivity index (χ2v) is 11.4. The summed E-state index contributed by atoms with van der Waals surface area (Å²) in [4.78, 5) is 32.8. The van der Waals surface area contributed by atoms with Crippen molar-refractivity contribution in [3.8, 4) is 0 Å². The molecule has 1 unspecified atom stereocenters. The summed E-state index contributed by atoms with van der Waals surface area (Å²) in [6.07, 6.45) is 4.54. The molecule has 3 heterocycles. The molecule has 1 aromatic carbocycles. The van der Waals surface area contributed by atoms with Crippen LogP contribution in [0.5, 0.6) is 0 Å². The van der Waals surface area contributed by atoms with Gasteiger partial charge >= 0.3 is 0 Å². The van der Waals surface area contributed by atoms with E-state index < -0.39 is 21.2 Å². The maximum Gasteiger partial charge on any atom is 0.246 e. The van der Waals surface area contributed by atoms with Crippen molar-refractivity contribution >= 4 is 60.5 Å². The van der Waals surface area contributed by atoms with Crippen molar-refractivity contribution in [1.82, 2.24) is 14.2 Å². The fraction of sp³-hybridized carbons (Fsp3) is 0.261. The number of fused-ring (bicyclic) bond motifs is 1. The molecule has 1 aliphatic rings. The number of hydrogen-bond acceptors (Lipinski definition) is 6. The highest BCUT2D eigenvalue weighted by atomic mass is 35.5. The van der Waals surface area contributed by atoms with Crippen molar-refractivity contribution in [2.45, 2.75) is 5.25 Å². The average Bonchev–Trinajstić information content (AvgIpc) is 3.23. The number of carbonyl (C=O) groups is 2. The van der Waals surface area contributed by atoms with Crippen LogP contribution in [0.3, 0.4) is 0 Å². The van der Waals surface area contributed by atoms with Crippen LogP contribution in [0.4, 0.5) is 5.69 Å². The third-order valence-electron chi connectivity index (χ3n) is 5.71. The van der Waals surface area contributed by atoms with Crippen LogP contribution < -0.4 is 4.90 Å². The first-order chi connectivity index (χ1) is 16.2. The zero-order chi connectivity index (χ0) is 24.5. The number of aromatic nitrogens is 1. The molecule has 2 aromatic heterocycles. The van der Waals surface area contributed by atoms with Gasteiger partial charge in [-0.3, -0.25) is 14.6 Å². The van der Waals surface area contributed by atoms with Crippen molar-refractivity contribution < 1.29 is 18.0 Å². The molecule has 4 rings (SSSR count). The summed E-state index contributed by atoms with van der Waals surface area (Å²) in [7, 11) is -2.27. The van der Waals surface area contributed by atoms with Gasteiger partial charge in [-0.05, 0) is 35.7 Å². The molecule has 8 nitrogen and oxygen atoms in total. The molecule has 1 aliphatic heterocycles. The lowest BCUT2D eigenvalue weighted by Crippen LogP contribution is -2.55. The number of likely N-dealkylation sites (N-methyl/N-ethyl adjacent to an activating group) is 1. The third-order valence-corrected chi connectivity index (χ3v) is 9.40. The van der Waals surface area contributed by atoms with Crippen molar-refractivity contribution in [1.29, 1.82) is 0 Å². The van der Waals surface area contributed by atoms with E-state index in [0.29, 0.717) is 15.6 Å². The van der Waals surface area contributed by atoms with Gasteiger partial charge in [0.25, 0.3) is 0 Å². The number of thiophene rings is 1. The van der Waals surface area contributed by atoms with Gasteiger partial charge in [-0.25, -0.2) is 8.42 Å². The lowest BCUT2D eigenvalue weighted by atomic mass is 10.2. The molecule has 3 aromatic rings. The predicted molar refractivity (Wildman–Crippen MR) is 134 cm³/mol. The number of sulfonamides is 1. The smallest absolute Gasteiger partial charge is 0.246 e. The van der Waals surface area contributed by atoms with Crippen LogP contribution in [-0.4, -0.2) is 67.6 Å². The number of rotatable bonds is 7. The summed E-state index contributed by atoms with van der Waals surface area (Å²) in [6, 6.07) is 10.6. The van der Waals surface area contributed by atoms with Gasteiger partial charge in [0.15, 0.2) is 0 Å². The van der Waals surface area contributed by atoms with Crippen LogP contribution in [0.15, 0.2) is 61.4 Å². The number of pyridine rings is 1. The standard InChI is InChI=1S/C23H23ClN4O4S2/c1-3-21(20-12-16-4-5-17(24)13-19(16)33-20)34(31,32)28-11-10-27(23(30)15-28)14-22(29)26(2)18-6-8-25-9-7-18/h3-9,12-13,21H,1,10-11,14-15H2,2H3. The zero-order valence-corrected chi connectivity index (χ0v) is 20.8.